The third-order valence-corrected chi connectivity index (χ3v) is 7.00. The highest BCUT2D eigenvalue weighted by Crippen LogP contribution is 2.37. The maximum atomic E-state index is 13.6. The van der Waals surface area contributed by atoms with Gasteiger partial charge >= 0.3 is 12.0 Å². The number of hydrogen-bond donors (Lipinski definition) is 0. The van der Waals surface area contributed by atoms with E-state index in [9.17, 15) is 23.7 Å². The van der Waals surface area contributed by atoms with Crippen molar-refractivity contribution < 1.29 is 13.2 Å². The van der Waals surface area contributed by atoms with Crippen molar-refractivity contribution in [3.05, 3.63) is 150 Å². The van der Waals surface area contributed by atoms with Gasteiger partial charge in [0.25, 0.3) is 0 Å². The average molecular weight is 515 g/mol. The van der Waals surface area contributed by atoms with E-state index in [1.807, 2.05) is 55.5 Å². The minimum atomic E-state index is -4.56. The molecule has 0 fully saturated rings. The molecule has 3 aromatic rings. The molecule has 0 atom stereocenters. The van der Waals surface area contributed by atoms with Crippen molar-refractivity contribution in [3.63, 3.8) is 0 Å². The fraction of sp³-hybridized carbons (Fsp3) is 0.125. The predicted octanol–water partition coefficient (Wildman–Crippen LogP) is 5.92. The second kappa shape index (κ2) is 9.50. The second-order valence-electron chi connectivity index (χ2n) is 9.32. The van der Waals surface area contributed by atoms with Gasteiger partial charge in [0.05, 0.1) is 11.1 Å². The van der Waals surface area contributed by atoms with Crippen molar-refractivity contribution in [1.82, 2.24) is 0 Å². The monoisotopic (exact) mass is 514 g/mol. The van der Waals surface area contributed by atoms with Gasteiger partial charge in [-0.2, -0.15) is 33.4 Å². The Hall–Kier alpha value is -5.37. The largest absolute Gasteiger partial charge is 0.523 e. The molecule has 0 spiro atoms. The number of alkyl halides is 3. The highest BCUT2D eigenvalue weighted by atomic mass is 19.4. The molecule has 0 bridgehead atoms. The number of hydrogen-bond acceptors (Lipinski definition) is 2. The smallest absolute Gasteiger partial charge is 0.192 e. The molecule has 0 heterocycles. The van der Waals surface area contributed by atoms with Gasteiger partial charge in [0.1, 0.15) is 30.9 Å². The molecule has 0 radical (unpaired) electrons. The number of nitriles is 2. The summed E-state index contributed by atoms with van der Waals surface area (Å²) in [4.78, 5) is 6.93. The Morgan fingerprint density at radius 2 is 1.33 bits per heavy atom. The molecule has 0 aliphatic heterocycles. The van der Waals surface area contributed by atoms with Crippen molar-refractivity contribution >= 4 is 11.1 Å². The number of nitrogens with zero attached hydrogens (tertiary/aromatic N) is 4. The van der Waals surface area contributed by atoms with E-state index in [1.165, 1.54) is 6.07 Å². The number of aryl methyl sites for hydroxylation is 1. The molecule has 5 rings (SSSR count). The molecular formula is C32H17F3N4. The lowest BCUT2D eigenvalue weighted by Crippen LogP contribution is -2.17. The summed E-state index contributed by atoms with van der Waals surface area (Å²) in [6, 6.07) is 20.3. The number of allylic oxidation sites excluding steroid dienone is 3. The summed E-state index contributed by atoms with van der Waals surface area (Å²) in [5, 5.41) is 20.8. The third-order valence-electron chi connectivity index (χ3n) is 7.00. The predicted molar refractivity (Wildman–Crippen MR) is 139 cm³/mol. The minimum Gasteiger partial charge on any atom is -0.192 e. The van der Waals surface area contributed by atoms with Gasteiger partial charge in [-0.05, 0) is 87.0 Å². The van der Waals surface area contributed by atoms with Gasteiger partial charge in [-0.1, -0.05) is 42.0 Å². The summed E-state index contributed by atoms with van der Waals surface area (Å²) in [5.41, 5.74) is 4.94. The molecule has 2 aliphatic carbocycles. The summed E-state index contributed by atoms with van der Waals surface area (Å²) in [5.74, 6) is -0.0261. The summed E-state index contributed by atoms with van der Waals surface area (Å²) >= 11 is 0. The highest BCUT2D eigenvalue weighted by Gasteiger charge is 2.33. The first-order chi connectivity index (χ1) is 18.7. The van der Waals surface area contributed by atoms with Crippen LogP contribution in [0.4, 0.5) is 13.2 Å². The lowest BCUT2D eigenvalue weighted by molar-refractivity contribution is -0.137. The maximum Gasteiger partial charge on any atom is 0.523 e. The zero-order chi connectivity index (χ0) is 27.9. The molecule has 2 aliphatic rings. The first kappa shape index (κ1) is 25.3. The molecule has 0 saturated heterocycles. The Kier molecular flexibility index (Phi) is 6.16. The van der Waals surface area contributed by atoms with Gasteiger partial charge in [-0.25, -0.2) is 0 Å². The van der Waals surface area contributed by atoms with E-state index >= 15 is 0 Å². The Bertz CT molecular complexity index is 1910. The van der Waals surface area contributed by atoms with Crippen LogP contribution in [0.25, 0.3) is 20.8 Å². The molecule has 7 heteroatoms. The molecule has 186 valence electrons. The molecule has 0 aromatic heterocycles. The molecule has 0 N–H and O–H groups in total. The Morgan fingerprint density at radius 1 is 0.795 bits per heavy atom. The Morgan fingerprint density at radius 3 is 1.87 bits per heavy atom. The second-order valence-corrected chi connectivity index (χ2v) is 9.32. The van der Waals surface area contributed by atoms with Crippen LogP contribution >= 0.6 is 0 Å². The van der Waals surface area contributed by atoms with Crippen LogP contribution in [0.2, 0.25) is 0 Å². The van der Waals surface area contributed by atoms with Gasteiger partial charge in [-0.3, -0.25) is 0 Å². The van der Waals surface area contributed by atoms with Gasteiger partial charge in [0.2, 0.25) is 0 Å². The van der Waals surface area contributed by atoms with E-state index < -0.39 is 11.7 Å². The van der Waals surface area contributed by atoms with Crippen molar-refractivity contribution in [2.45, 2.75) is 25.9 Å². The van der Waals surface area contributed by atoms with Crippen molar-refractivity contribution in [2.75, 3.05) is 0 Å². The quantitative estimate of drug-likeness (QED) is 0.315. The molecular weight excluding hydrogens is 497 g/mol. The van der Waals surface area contributed by atoms with Gasteiger partial charge in [0.15, 0.2) is 0 Å². The summed E-state index contributed by atoms with van der Waals surface area (Å²) in [6.07, 6.45) is -4.05. The molecule has 3 aromatic carbocycles. The van der Waals surface area contributed by atoms with Crippen LogP contribution in [0.1, 0.15) is 33.4 Å². The van der Waals surface area contributed by atoms with Crippen LogP contribution in [-0.2, 0) is 19.0 Å². The van der Waals surface area contributed by atoms with Crippen molar-refractivity contribution in [1.29, 1.82) is 10.5 Å². The van der Waals surface area contributed by atoms with E-state index in [-0.39, 0.29) is 23.4 Å². The van der Waals surface area contributed by atoms with Crippen molar-refractivity contribution in [3.8, 4) is 12.1 Å². The van der Waals surface area contributed by atoms with Crippen LogP contribution in [0.15, 0.2) is 83.2 Å². The maximum absolute atomic E-state index is 13.6. The van der Waals surface area contributed by atoms with Crippen LogP contribution in [0.5, 0.6) is 0 Å². The number of fused-ring (bicyclic) bond motifs is 2. The number of rotatable bonds is 2. The van der Waals surface area contributed by atoms with E-state index in [0.29, 0.717) is 28.4 Å². The first-order valence-electron chi connectivity index (χ1n) is 11.9. The van der Waals surface area contributed by atoms with Gasteiger partial charge in [0, 0.05) is 6.42 Å². The molecule has 0 saturated carbocycles. The van der Waals surface area contributed by atoms with E-state index in [0.717, 1.165) is 45.2 Å². The first-order valence-corrected chi connectivity index (χ1v) is 11.9. The van der Waals surface area contributed by atoms with Crippen LogP contribution in [0.3, 0.4) is 0 Å². The van der Waals surface area contributed by atoms with E-state index in [2.05, 4.69) is 9.69 Å². The van der Waals surface area contributed by atoms with E-state index in [1.54, 1.807) is 6.07 Å². The third kappa shape index (κ3) is 4.27. The lowest BCUT2D eigenvalue weighted by atomic mass is 9.94. The Balaban J connectivity index is 1.89. The van der Waals surface area contributed by atoms with E-state index in [4.69, 9.17) is 13.1 Å². The number of benzene rings is 3. The normalized spacial score (nSPS) is 13.6. The zero-order valence-electron chi connectivity index (χ0n) is 20.6. The summed E-state index contributed by atoms with van der Waals surface area (Å²) < 4.78 is 40.7. The Labute approximate surface area is 222 Å². The molecule has 0 amide bonds. The van der Waals surface area contributed by atoms with Crippen LogP contribution in [0, 0.1) is 42.7 Å². The standard InChI is InChI=1S/C32H17F3N4/c1-18-6-4-7-19(10-18)30-26-12-21-14-27(23(16-36)17-37)29(20-8-5-9-24(11-20)32(33,34)35)25(21)13-22(26)15-28(30)31(38-2)39-3/h4-13H,14-15H2,1H3. The molecule has 0 unspecified atom stereocenters. The zero-order valence-corrected chi connectivity index (χ0v) is 20.6. The molecule has 4 nitrogen and oxygen atoms in total. The fourth-order valence-electron chi connectivity index (χ4n) is 5.37. The average Bonchev–Trinajstić information content (AvgIpc) is 3.46. The van der Waals surface area contributed by atoms with Gasteiger partial charge in [-0.15, -0.1) is 0 Å². The fourth-order valence-corrected chi connectivity index (χ4v) is 5.37. The van der Waals surface area contributed by atoms with Crippen LogP contribution in [-0.4, -0.2) is 0 Å². The topological polar surface area (TPSA) is 56.3 Å². The summed E-state index contributed by atoms with van der Waals surface area (Å²) in [6.45, 7) is 17.1. The van der Waals surface area contributed by atoms with Crippen LogP contribution < -0.4 is 10.4 Å². The summed E-state index contributed by atoms with van der Waals surface area (Å²) in [7, 11) is 0. The number of halogens is 3. The lowest BCUT2D eigenvalue weighted by Gasteiger charge is -2.11. The molecule has 39 heavy (non-hydrogen) atoms. The SMILES string of the molecule is [C-]#[N+]C([N+]#[C-])=C1Cc2cc3c(cc2=C1c1cccc(C)c1)CC(=C(C#N)C#N)C=3c1cccc(C(F)(F)F)c1. The van der Waals surface area contributed by atoms with Gasteiger partial charge < -0.3 is 0 Å². The van der Waals surface area contributed by atoms with Crippen molar-refractivity contribution in [2.24, 2.45) is 0 Å². The minimum absolute atomic E-state index is 0.0261. The highest BCUT2D eigenvalue weighted by molar-refractivity contribution is 5.88.